The number of sulfonamides is 1. The molecular weight excluding hydrogens is 440 g/mol. The van der Waals surface area contributed by atoms with Gasteiger partial charge in [-0.25, -0.2) is 13.1 Å². The Bertz CT molecular complexity index is 1110. The van der Waals surface area contributed by atoms with Gasteiger partial charge in [0.2, 0.25) is 10.0 Å². The normalized spacial score (nSPS) is 14.1. The molecule has 0 unspecified atom stereocenters. The van der Waals surface area contributed by atoms with E-state index in [1.807, 2.05) is 24.3 Å². The minimum atomic E-state index is -3.25. The first-order valence-corrected chi connectivity index (χ1v) is 13.0. The van der Waals surface area contributed by atoms with Gasteiger partial charge in [0.15, 0.2) is 0 Å². The van der Waals surface area contributed by atoms with Crippen LogP contribution in [0.25, 0.3) is 10.8 Å². The highest BCUT2D eigenvalue weighted by atomic mass is 35.5. The molecule has 0 amide bonds. The van der Waals surface area contributed by atoms with Crippen molar-refractivity contribution < 1.29 is 8.42 Å². The predicted octanol–water partition coefficient (Wildman–Crippen LogP) is 4.95. The molecule has 3 aromatic rings. The predicted molar refractivity (Wildman–Crippen MR) is 136 cm³/mol. The van der Waals surface area contributed by atoms with Crippen LogP contribution in [0.15, 0.2) is 66.7 Å². The molecule has 32 heavy (non-hydrogen) atoms. The highest BCUT2D eigenvalue weighted by molar-refractivity contribution is 7.89. The van der Waals surface area contributed by atoms with Crippen molar-refractivity contribution in [2.75, 3.05) is 25.4 Å². The highest BCUT2D eigenvalue weighted by Crippen LogP contribution is 2.20. The maximum Gasteiger partial charge on any atom is 0.211 e. The third-order valence-electron chi connectivity index (χ3n) is 6.20. The van der Waals surface area contributed by atoms with Crippen molar-refractivity contribution >= 4 is 33.2 Å². The highest BCUT2D eigenvalue weighted by Gasteiger charge is 2.15. The van der Waals surface area contributed by atoms with Crippen LogP contribution < -0.4 is 4.72 Å². The Morgan fingerprint density at radius 3 is 2.47 bits per heavy atom. The summed E-state index contributed by atoms with van der Waals surface area (Å²) in [7, 11) is -3.25. The smallest absolute Gasteiger partial charge is 0.211 e. The number of hydrogen-bond acceptors (Lipinski definition) is 3. The van der Waals surface area contributed by atoms with Gasteiger partial charge in [0.25, 0.3) is 0 Å². The summed E-state index contributed by atoms with van der Waals surface area (Å²) in [6.45, 7) is 3.78. The van der Waals surface area contributed by atoms with Crippen LogP contribution in [0.3, 0.4) is 0 Å². The number of aryl methyl sites for hydroxylation is 1. The molecule has 3 aromatic carbocycles. The average molecular weight is 473 g/mol. The summed E-state index contributed by atoms with van der Waals surface area (Å²) in [6.07, 6.45) is 4.71. The summed E-state index contributed by atoms with van der Waals surface area (Å²) in [5.41, 5.74) is 4.02. The van der Waals surface area contributed by atoms with Gasteiger partial charge in [-0.15, -0.1) is 12.4 Å². The van der Waals surface area contributed by atoms with E-state index < -0.39 is 10.0 Å². The molecule has 0 spiro atoms. The van der Waals surface area contributed by atoms with E-state index in [2.05, 4.69) is 52.1 Å². The Balaban J connectivity index is 0.00000289. The first-order valence-electron chi connectivity index (χ1n) is 11.3. The maximum absolute atomic E-state index is 12.4. The summed E-state index contributed by atoms with van der Waals surface area (Å²) < 4.78 is 27.6. The van der Waals surface area contributed by atoms with Crippen molar-refractivity contribution in [1.82, 2.24) is 9.62 Å². The molecule has 0 radical (unpaired) electrons. The lowest BCUT2D eigenvalue weighted by atomic mass is 10.00. The molecule has 1 heterocycles. The van der Waals surface area contributed by atoms with E-state index in [-0.39, 0.29) is 18.2 Å². The zero-order valence-electron chi connectivity index (χ0n) is 18.5. The van der Waals surface area contributed by atoms with Crippen LogP contribution in [0, 0.1) is 0 Å². The van der Waals surface area contributed by atoms with E-state index in [1.165, 1.54) is 11.1 Å². The Morgan fingerprint density at radius 2 is 1.59 bits per heavy atom. The third-order valence-corrected chi connectivity index (χ3v) is 7.59. The topological polar surface area (TPSA) is 49.4 Å². The Kier molecular flexibility index (Phi) is 9.11. The monoisotopic (exact) mass is 472 g/mol. The summed E-state index contributed by atoms with van der Waals surface area (Å²) in [5.74, 6) is 0.133. The zero-order valence-corrected chi connectivity index (χ0v) is 20.1. The fourth-order valence-corrected chi connectivity index (χ4v) is 5.53. The van der Waals surface area contributed by atoms with Gasteiger partial charge in [-0.3, -0.25) is 4.90 Å². The molecule has 0 saturated carbocycles. The Hall–Kier alpha value is -1.92. The molecule has 6 heteroatoms. The molecular formula is C26H33ClN2O2S. The standard InChI is InChI=1S/C26H32N2O2S.ClH/c29-31(30,20-16-24-13-8-12-23-10-4-5-14-26(23)24)27-17-6-1-7-18-28-19-15-22-9-2-3-11-25(22)21-28;/h2-5,8-14,27H,1,6-7,15-21H2;1H. The second kappa shape index (κ2) is 11.8. The van der Waals surface area contributed by atoms with E-state index in [4.69, 9.17) is 0 Å². The minimum Gasteiger partial charge on any atom is -0.299 e. The van der Waals surface area contributed by atoms with E-state index in [9.17, 15) is 8.42 Å². The van der Waals surface area contributed by atoms with Gasteiger partial charge in [0.1, 0.15) is 0 Å². The van der Waals surface area contributed by atoms with Gasteiger partial charge in [0.05, 0.1) is 5.75 Å². The molecule has 0 aliphatic carbocycles. The molecule has 4 rings (SSSR count). The van der Waals surface area contributed by atoms with Crippen LogP contribution in [0.4, 0.5) is 0 Å². The second-order valence-corrected chi connectivity index (χ2v) is 10.4. The van der Waals surface area contributed by atoms with E-state index in [0.29, 0.717) is 13.0 Å². The first-order chi connectivity index (χ1) is 15.1. The van der Waals surface area contributed by atoms with Crippen LogP contribution in [0.1, 0.15) is 36.0 Å². The van der Waals surface area contributed by atoms with Crippen molar-refractivity contribution in [2.45, 2.75) is 38.6 Å². The zero-order chi connectivity index (χ0) is 21.5. The van der Waals surface area contributed by atoms with Crippen LogP contribution in [-0.4, -0.2) is 38.7 Å². The quantitative estimate of drug-likeness (QED) is 0.424. The second-order valence-electron chi connectivity index (χ2n) is 8.46. The van der Waals surface area contributed by atoms with Crippen molar-refractivity contribution in [3.8, 4) is 0 Å². The van der Waals surface area contributed by atoms with Gasteiger partial charge in [-0.1, -0.05) is 73.2 Å². The lowest BCUT2D eigenvalue weighted by molar-refractivity contribution is 0.248. The molecule has 0 bridgehead atoms. The number of benzene rings is 3. The Morgan fingerprint density at radius 1 is 0.844 bits per heavy atom. The van der Waals surface area contributed by atoms with Gasteiger partial charge < -0.3 is 0 Å². The number of nitrogens with one attached hydrogen (secondary N) is 1. The summed E-state index contributed by atoms with van der Waals surface area (Å²) in [4.78, 5) is 2.51. The summed E-state index contributed by atoms with van der Waals surface area (Å²) >= 11 is 0. The largest absolute Gasteiger partial charge is 0.299 e. The molecule has 1 aliphatic rings. The number of halogens is 1. The third kappa shape index (κ3) is 6.79. The molecule has 0 aromatic heterocycles. The number of unbranched alkanes of at least 4 members (excludes halogenated alkanes) is 2. The van der Waals surface area contributed by atoms with Crippen LogP contribution in [0.5, 0.6) is 0 Å². The van der Waals surface area contributed by atoms with E-state index >= 15 is 0 Å². The summed E-state index contributed by atoms with van der Waals surface area (Å²) in [6, 6.07) is 22.9. The fraction of sp³-hybridized carbons (Fsp3) is 0.385. The molecule has 0 atom stereocenters. The van der Waals surface area contributed by atoms with Crippen molar-refractivity contribution in [3.05, 3.63) is 83.4 Å². The maximum atomic E-state index is 12.4. The van der Waals surface area contributed by atoms with Crippen molar-refractivity contribution in [3.63, 3.8) is 0 Å². The molecule has 0 fully saturated rings. The molecule has 1 N–H and O–H groups in total. The van der Waals surface area contributed by atoms with Crippen LogP contribution >= 0.6 is 12.4 Å². The lowest BCUT2D eigenvalue weighted by Crippen LogP contribution is -2.31. The van der Waals surface area contributed by atoms with Gasteiger partial charge in [-0.05, 0) is 59.7 Å². The number of fused-ring (bicyclic) bond motifs is 2. The van der Waals surface area contributed by atoms with E-state index in [1.54, 1.807) is 0 Å². The number of nitrogens with zero attached hydrogens (tertiary/aromatic N) is 1. The first kappa shape index (κ1) is 24.7. The average Bonchev–Trinajstić information content (AvgIpc) is 2.80. The fourth-order valence-electron chi connectivity index (χ4n) is 4.44. The summed E-state index contributed by atoms with van der Waals surface area (Å²) in [5, 5.41) is 2.29. The molecule has 172 valence electrons. The van der Waals surface area contributed by atoms with Gasteiger partial charge >= 0.3 is 0 Å². The van der Waals surface area contributed by atoms with Gasteiger partial charge in [0, 0.05) is 19.6 Å². The van der Waals surface area contributed by atoms with Crippen LogP contribution in [-0.2, 0) is 29.4 Å². The number of hydrogen-bond donors (Lipinski definition) is 1. The lowest BCUT2D eigenvalue weighted by Gasteiger charge is -2.28. The molecule has 1 aliphatic heterocycles. The SMILES string of the molecule is Cl.O=S(=O)(CCc1cccc2ccccc12)NCCCCCN1CCc2ccccc2C1. The van der Waals surface area contributed by atoms with Crippen molar-refractivity contribution in [2.24, 2.45) is 0 Å². The van der Waals surface area contributed by atoms with Crippen molar-refractivity contribution in [1.29, 1.82) is 0 Å². The van der Waals surface area contributed by atoms with Gasteiger partial charge in [-0.2, -0.15) is 0 Å². The van der Waals surface area contributed by atoms with Crippen LogP contribution in [0.2, 0.25) is 0 Å². The number of rotatable bonds is 10. The molecule has 0 saturated heterocycles. The molecule has 4 nitrogen and oxygen atoms in total. The van der Waals surface area contributed by atoms with E-state index in [0.717, 1.165) is 61.7 Å². The Labute approximate surface area is 198 Å². The minimum absolute atomic E-state index is 0.